The first kappa shape index (κ1) is 9.21. The molecule has 1 atom stereocenters. The summed E-state index contributed by atoms with van der Waals surface area (Å²) in [7, 11) is 0. The SMILES string of the molecule is CC1CCCN1c1cc(NN)ncn1. The topological polar surface area (TPSA) is 67.1 Å². The van der Waals surface area contributed by atoms with Crippen LogP contribution in [-0.2, 0) is 0 Å². The van der Waals surface area contributed by atoms with Crippen molar-refractivity contribution < 1.29 is 0 Å². The minimum absolute atomic E-state index is 0.565. The molecule has 1 aliphatic rings. The van der Waals surface area contributed by atoms with E-state index in [1.54, 1.807) is 0 Å². The average Bonchev–Trinajstić information content (AvgIpc) is 2.65. The lowest BCUT2D eigenvalue weighted by Crippen LogP contribution is -2.27. The Balaban J connectivity index is 2.22. The highest BCUT2D eigenvalue weighted by Crippen LogP contribution is 2.23. The van der Waals surface area contributed by atoms with Crippen molar-refractivity contribution in [2.45, 2.75) is 25.8 Å². The normalized spacial score (nSPS) is 21.3. The molecule has 1 saturated heterocycles. The van der Waals surface area contributed by atoms with Crippen molar-refractivity contribution in [3.8, 4) is 0 Å². The average molecular weight is 193 g/mol. The Morgan fingerprint density at radius 1 is 1.57 bits per heavy atom. The second kappa shape index (κ2) is 3.79. The zero-order valence-electron chi connectivity index (χ0n) is 8.27. The molecule has 0 saturated carbocycles. The van der Waals surface area contributed by atoms with Crippen molar-refractivity contribution in [3.63, 3.8) is 0 Å². The highest BCUT2D eigenvalue weighted by Gasteiger charge is 2.21. The highest BCUT2D eigenvalue weighted by molar-refractivity contribution is 5.48. The van der Waals surface area contributed by atoms with Gasteiger partial charge >= 0.3 is 0 Å². The molecule has 5 nitrogen and oxygen atoms in total. The van der Waals surface area contributed by atoms with E-state index in [1.807, 2.05) is 6.07 Å². The minimum Gasteiger partial charge on any atom is -0.354 e. The van der Waals surface area contributed by atoms with Crippen molar-refractivity contribution in [1.82, 2.24) is 9.97 Å². The Bertz CT molecular complexity index is 314. The number of aromatic nitrogens is 2. The molecule has 1 aliphatic heterocycles. The molecule has 1 fully saturated rings. The van der Waals surface area contributed by atoms with Crippen LogP contribution in [0.25, 0.3) is 0 Å². The standard InChI is InChI=1S/C9H15N5/c1-7-3-2-4-14(7)9-5-8(13-10)11-6-12-9/h5-7H,2-4,10H2,1H3,(H,11,12,13). The second-order valence-electron chi connectivity index (χ2n) is 3.59. The number of hydrogen-bond acceptors (Lipinski definition) is 5. The third kappa shape index (κ3) is 1.63. The lowest BCUT2D eigenvalue weighted by Gasteiger charge is -2.22. The second-order valence-corrected chi connectivity index (χ2v) is 3.59. The third-order valence-corrected chi connectivity index (χ3v) is 2.65. The molecule has 0 radical (unpaired) electrons. The van der Waals surface area contributed by atoms with Crippen LogP contribution >= 0.6 is 0 Å². The van der Waals surface area contributed by atoms with E-state index in [1.165, 1.54) is 19.2 Å². The lowest BCUT2D eigenvalue weighted by atomic mass is 10.2. The number of hydrazine groups is 1. The molecule has 1 aromatic heterocycles. The Morgan fingerprint density at radius 3 is 3.07 bits per heavy atom. The van der Waals surface area contributed by atoms with E-state index in [-0.39, 0.29) is 0 Å². The van der Waals surface area contributed by atoms with Crippen LogP contribution in [-0.4, -0.2) is 22.6 Å². The van der Waals surface area contributed by atoms with Crippen LogP contribution in [0.4, 0.5) is 11.6 Å². The monoisotopic (exact) mass is 193 g/mol. The molecule has 2 heterocycles. The van der Waals surface area contributed by atoms with Gasteiger partial charge in [0.2, 0.25) is 0 Å². The van der Waals surface area contributed by atoms with Gasteiger partial charge in [-0.2, -0.15) is 0 Å². The predicted molar refractivity (Wildman–Crippen MR) is 55.9 cm³/mol. The van der Waals surface area contributed by atoms with Gasteiger partial charge in [0.05, 0.1) is 0 Å². The smallest absolute Gasteiger partial charge is 0.145 e. The molecular weight excluding hydrogens is 178 g/mol. The summed E-state index contributed by atoms with van der Waals surface area (Å²) in [6, 6.07) is 2.44. The van der Waals surface area contributed by atoms with Crippen LogP contribution in [0.1, 0.15) is 19.8 Å². The fourth-order valence-electron chi connectivity index (χ4n) is 1.86. The summed E-state index contributed by atoms with van der Waals surface area (Å²) < 4.78 is 0. The zero-order chi connectivity index (χ0) is 9.97. The largest absolute Gasteiger partial charge is 0.354 e. The fourth-order valence-corrected chi connectivity index (χ4v) is 1.86. The van der Waals surface area contributed by atoms with Crippen molar-refractivity contribution in [2.75, 3.05) is 16.9 Å². The summed E-state index contributed by atoms with van der Waals surface area (Å²) in [5.74, 6) is 6.91. The van der Waals surface area contributed by atoms with Crippen LogP contribution in [0.15, 0.2) is 12.4 Å². The van der Waals surface area contributed by atoms with E-state index < -0.39 is 0 Å². The van der Waals surface area contributed by atoms with Gasteiger partial charge in [0.1, 0.15) is 18.0 Å². The number of anilines is 2. The van der Waals surface area contributed by atoms with Gasteiger partial charge in [-0.15, -0.1) is 0 Å². The van der Waals surface area contributed by atoms with Crippen LogP contribution in [0.5, 0.6) is 0 Å². The van der Waals surface area contributed by atoms with Gasteiger partial charge in [0.25, 0.3) is 0 Å². The summed E-state index contributed by atoms with van der Waals surface area (Å²) >= 11 is 0. The Hall–Kier alpha value is -1.36. The van der Waals surface area contributed by atoms with Gasteiger partial charge in [-0.3, -0.25) is 0 Å². The molecule has 5 heteroatoms. The Kier molecular flexibility index (Phi) is 2.49. The van der Waals surface area contributed by atoms with Crippen molar-refractivity contribution in [3.05, 3.63) is 12.4 Å². The van der Waals surface area contributed by atoms with Crippen molar-refractivity contribution in [2.24, 2.45) is 5.84 Å². The van der Waals surface area contributed by atoms with E-state index in [9.17, 15) is 0 Å². The molecular formula is C9H15N5. The number of nitrogen functional groups attached to an aromatic ring is 1. The van der Waals surface area contributed by atoms with E-state index in [0.29, 0.717) is 11.9 Å². The van der Waals surface area contributed by atoms with Crippen LogP contribution in [0.3, 0.4) is 0 Å². The number of nitrogens with zero attached hydrogens (tertiary/aromatic N) is 3. The number of nitrogens with two attached hydrogens (primary N) is 1. The molecule has 76 valence electrons. The Morgan fingerprint density at radius 2 is 2.43 bits per heavy atom. The summed E-state index contributed by atoms with van der Waals surface area (Å²) in [5, 5.41) is 0. The zero-order valence-corrected chi connectivity index (χ0v) is 8.27. The number of rotatable bonds is 2. The first-order valence-electron chi connectivity index (χ1n) is 4.86. The predicted octanol–water partition coefficient (Wildman–Crippen LogP) is 0.751. The minimum atomic E-state index is 0.565. The maximum atomic E-state index is 5.29. The lowest BCUT2D eigenvalue weighted by molar-refractivity contribution is 0.726. The maximum Gasteiger partial charge on any atom is 0.145 e. The quantitative estimate of drug-likeness (QED) is 0.536. The number of hydrogen-bond donors (Lipinski definition) is 2. The molecule has 14 heavy (non-hydrogen) atoms. The van der Waals surface area contributed by atoms with E-state index in [2.05, 4.69) is 27.2 Å². The van der Waals surface area contributed by atoms with Crippen molar-refractivity contribution in [1.29, 1.82) is 0 Å². The summed E-state index contributed by atoms with van der Waals surface area (Å²) in [6.07, 6.45) is 4.00. The van der Waals surface area contributed by atoms with Gasteiger partial charge in [-0.05, 0) is 19.8 Å². The van der Waals surface area contributed by atoms with Crippen molar-refractivity contribution >= 4 is 11.6 Å². The highest BCUT2D eigenvalue weighted by atomic mass is 15.3. The summed E-state index contributed by atoms with van der Waals surface area (Å²) in [5.41, 5.74) is 2.53. The van der Waals surface area contributed by atoms with Gasteiger partial charge in [-0.25, -0.2) is 15.8 Å². The van der Waals surface area contributed by atoms with Crippen LogP contribution in [0.2, 0.25) is 0 Å². The van der Waals surface area contributed by atoms with Gasteiger partial charge < -0.3 is 10.3 Å². The van der Waals surface area contributed by atoms with Gasteiger partial charge in [0, 0.05) is 18.7 Å². The maximum absolute atomic E-state index is 5.29. The first-order chi connectivity index (χ1) is 6.81. The molecule has 0 aliphatic carbocycles. The third-order valence-electron chi connectivity index (χ3n) is 2.65. The fraction of sp³-hybridized carbons (Fsp3) is 0.556. The van der Waals surface area contributed by atoms with E-state index in [0.717, 1.165) is 12.4 Å². The molecule has 1 aromatic rings. The molecule has 0 spiro atoms. The van der Waals surface area contributed by atoms with Crippen LogP contribution in [0, 0.1) is 0 Å². The summed E-state index contributed by atoms with van der Waals surface area (Å²) in [4.78, 5) is 10.5. The molecule has 3 N–H and O–H groups in total. The molecule has 2 rings (SSSR count). The van der Waals surface area contributed by atoms with Crippen LogP contribution < -0.4 is 16.2 Å². The molecule has 1 unspecified atom stereocenters. The molecule has 0 bridgehead atoms. The van der Waals surface area contributed by atoms with E-state index in [4.69, 9.17) is 5.84 Å². The van der Waals surface area contributed by atoms with Gasteiger partial charge in [-0.1, -0.05) is 0 Å². The summed E-state index contributed by atoms with van der Waals surface area (Å²) in [6.45, 7) is 3.28. The molecule has 0 aromatic carbocycles. The van der Waals surface area contributed by atoms with Gasteiger partial charge in [0.15, 0.2) is 0 Å². The number of nitrogens with one attached hydrogen (secondary N) is 1. The first-order valence-corrected chi connectivity index (χ1v) is 4.86. The van der Waals surface area contributed by atoms with E-state index >= 15 is 0 Å². The molecule has 0 amide bonds. The Labute approximate surface area is 83.3 Å².